The lowest BCUT2D eigenvalue weighted by Gasteiger charge is -2.47. The normalized spacial score (nSPS) is 18.2. The van der Waals surface area contributed by atoms with Gasteiger partial charge < -0.3 is 16.0 Å². The summed E-state index contributed by atoms with van der Waals surface area (Å²) in [5.41, 5.74) is 10.4. The fraction of sp³-hybridized carbons (Fsp3) is 0.467. The van der Waals surface area contributed by atoms with E-state index in [1.165, 1.54) is 0 Å². The molecule has 1 fully saturated rings. The molecule has 1 aliphatic rings. The van der Waals surface area contributed by atoms with Gasteiger partial charge in [-0.1, -0.05) is 25.4 Å². The maximum atomic E-state index is 6.37. The van der Waals surface area contributed by atoms with E-state index in [9.17, 15) is 0 Å². The van der Waals surface area contributed by atoms with Gasteiger partial charge in [-0.15, -0.1) is 0 Å². The van der Waals surface area contributed by atoms with Crippen molar-refractivity contribution in [1.29, 1.82) is 0 Å². The number of hydrogen-bond donors (Lipinski definition) is 2. The molecule has 1 aromatic rings. The highest BCUT2D eigenvalue weighted by Crippen LogP contribution is 2.39. The molecule has 0 aromatic heterocycles. The van der Waals surface area contributed by atoms with Crippen molar-refractivity contribution >= 4 is 23.0 Å². The molecule has 0 bridgehead atoms. The van der Waals surface area contributed by atoms with Crippen LogP contribution in [0.1, 0.15) is 25.0 Å². The van der Waals surface area contributed by atoms with Gasteiger partial charge in [0.2, 0.25) is 0 Å². The first-order chi connectivity index (χ1) is 8.84. The zero-order valence-electron chi connectivity index (χ0n) is 12.0. The van der Waals surface area contributed by atoms with E-state index in [1.54, 1.807) is 6.20 Å². The smallest absolute Gasteiger partial charge is 0.0642 e. The molecule has 0 atom stereocenters. The molecule has 0 spiro atoms. The molecule has 1 aromatic carbocycles. The molecule has 1 aliphatic heterocycles. The van der Waals surface area contributed by atoms with Crippen molar-refractivity contribution in [2.45, 2.75) is 20.8 Å². The standard InChI is InChI=1S/C15H22ClN3/c1-10-5-12(16)14(19-8-15(2,3)9-19)6-11(10)13(17)7-18-4/h5-7,18H,8-9,17H2,1-4H3/b13-7-. The van der Waals surface area contributed by atoms with Crippen molar-refractivity contribution in [3.8, 4) is 0 Å². The lowest BCUT2D eigenvalue weighted by Crippen LogP contribution is -2.53. The van der Waals surface area contributed by atoms with Crippen LogP contribution in [-0.4, -0.2) is 20.1 Å². The van der Waals surface area contributed by atoms with Crippen LogP contribution in [0.4, 0.5) is 5.69 Å². The first kappa shape index (κ1) is 14.1. The van der Waals surface area contributed by atoms with Crippen LogP contribution in [0.25, 0.3) is 5.70 Å². The van der Waals surface area contributed by atoms with Crippen molar-refractivity contribution in [2.24, 2.45) is 11.1 Å². The second kappa shape index (κ2) is 4.97. The summed E-state index contributed by atoms with van der Waals surface area (Å²) < 4.78 is 0. The number of nitrogens with one attached hydrogen (secondary N) is 1. The Hall–Kier alpha value is -1.35. The van der Waals surface area contributed by atoms with E-state index in [2.05, 4.69) is 30.1 Å². The van der Waals surface area contributed by atoms with E-state index in [0.717, 1.165) is 40.6 Å². The number of hydrogen-bond acceptors (Lipinski definition) is 3. The minimum Gasteiger partial charge on any atom is -0.397 e. The van der Waals surface area contributed by atoms with Gasteiger partial charge in [0.05, 0.1) is 16.4 Å². The largest absolute Gasteiger partial charge is 0.397 e. The number of rotatable bonds is 3. The SMILES string of the molecule is CN/C=C(\N)c1cc(N2CC(C)(C)C2)c(Cl)cc1C. The minimum atomic E-state index is 0.376. The molecule has 2 rings (SSSR count). The maximum Gasteiger partial charge on any atom is 0.0642 e. The van der Waals surface area contributed by atoms with Gasteiger partial charge in [-0.05, 0) is 30.0 Å². The number of nitrogens with two attached hydrogens (primary N) is 1. The minimum absolute atomic E-state index is 0.376. The molecule has 4 heteroatoms. The Balaban J connectivity index is 2.35. The molecular weight excluding hydrogens is 258 g/mol. The summed E-state index contributed by atoms with van der Waals surface area (Å²) in [6.07, 6.45) is 1.81. The van der Waals surface area contributed by atoms with E-state index in [-0.39, 0.29) is 0 Å². The number of aryl methyl sites for hydroxylation is 1. The van der Waals surface area contributed by atoms with E-state index >= 15 is 0 Å². The number of nitrogens with zero attached hydrogens (tertiary/aromatic N) is 1. The molecule has 0 amide bonds. The van der Waals surface area contributed by atoms with Gasteiger partial charge in [-0.3, -0.25) is 0 Å². The highest BCUT2D eigenvalue weighted by molar-refractivity contribution is 6.33. The average Bonchev–Trinajstić information content (AvgIpc) is 2.26. The van der Waals surface area contributed by atoms with Gasteiger partial charge >= 0.3 is 0 Å². The van der Waals surface area contributed by atoms with Crippen LogP contribution in [0, 0.1) is 12.3 Å². The molecular formula is C15H22ClN3. The second-order valence-corrected chi connectivity index (χ2v) is 6.43. The molecule has 19 heavy (non-hydrogen) atoms. The number of anilines is 1. The van der Waals surface area contributed by atoms with Crippen molar-refractivity contribution in [3.05, 3.63) is 34.5 Å². The monoisotopic (exact) mass is 279 g/mol. The van der Waals surface area contributed by atoms with Gasteiger partial charge in [0.25, 0.3) is 0 Å². The fourth-order valence-corrected chi connectivity index (χ4v) is 2.94. The Morgan fingerprint density at radius 1 is 1.42 bits per heavy atom. The van der Waals surface area contributed by atoms with Crippen LogP contribution >= 0.6 is 11.6 Å². The summed E-state index contributed by atoms with van der Waals surface area (Å²) in [6.45, 7) is 8.63. The topological polar surface area (TPSA) is 41.3 Å². The Morgan fingerprint density at radius 2 is 2.05 bits per heavy atom. The molecule has 3 N–H and O–H groups in total. The zero-order chi connectivity index (χ0) is 14.2. The first-order valence-corrected chi connectivity index (χ1v) is 6.90. The first-order valence-electron chi connectivity index (χ1n) is 6.52. The van der Waals surface area contributed by atoms with Crippen molar-refractivity contribution in [1.82, 2.24) is 5.32 Å². The van der Waals surface area contributed by atoms with Gasteiger partial charge in [0.15, 0.2) is 0 Å². The van der Waals surface area contributed by atoms with Crippen LogP contribution in [0.5, 0.6) is 0 Å². The van der Waals surface area contributed by atoms with Gasteiger partial charge in [-0.25, -0.2) is 0 Å². The summed E-state index contributed by atoms with van der Waals surface area (Å²) in [4.78, 5) is 2.30. The van der Waals surface area contributed by atoms with Gasteiger partial charge in [-0.2, -0.15) is 0 Å². The third-order valence-electron chi connectivity index (χ3n) is 3.48. The van der Waals surface area contributed by atoms with Crippen molar-refractivity contribution in [3.63, 3.8) is 0 Å². The average molecular weight is 280 g/mol. The van der Waals surface area contributed by atoms with E-state index < -0.39 is 0 Å². The number of halogens is 1. The molecule has 104 valence electrons. The Morgan fingerprint density at radius 3 is 2.58 bits per heavy atom. The van der Waals surface area contributed by atoms with E-state index in [1.807, 2.05) is 20.0 Å². The van der Waals surface area contributed by atoms with Crippen LogP contribution in [0.15, 0.2) is 18.3 Å². The quantitative estimate of drug-likeness (QED) is 0.894. The maximum absolute atomic E-state index is 6.37. The summed E-state index contributed by atoms with van der Waals surface area (Å²) in [6, 6.07) is 4.09. The third-order valence-corrected chi connectivity index (χ3v) is 3.79. The van der Waals surface area contributed by atoms with Crippen molar-refractivity contribution < 1.29 is 0 Å². The molecule has 0 aliphatic carbocycles. The molecule has 0 unspecified atom stereocenters. The second-order valence-electron chi connectivity index (χ2n) is 6.03. The van der Waals surface area contributed by atoms with Gasteiger partial charge in [0.1, 0.15) is 0 Å². The molecule has 0 saturated carbocycles. The summed E-state index contributed by atoms with van der Waals surface area (Å²) in [5.74, 6) is 0. The predicted molar refractivity (Wildman–Crippen MR) is 83.4 cm³/mol. The molecule has 1 heterocycles. The van der Waals surface area contributed by atoms with Gasteiger partial charge in [0, 0.05) is 31.9 Å². The van der Waals surface area contributed by atoms with Crippen LogP contribution in [-0.2, 0) is 0 Å². The molecule has 1 saturated heterocycles. The predicted octanol–water partition coefficient (Wildman–Crippen LogP) is 2.97. The van der Waals surface area contributed by atoms with Crippen LogP contribution < -0.4 is 16.0 Å². The van der Waals surface area contributed by atoms with Crippen molar-refractivity contribution in [2.75, 3.05) is 25.0 Å². The zero-order valence-corrected chi connectivity index (χ0v) is 12.8. The Kier molecular flexibility index (Phi) is 3.68. The van der Waals surface area contributed by atoms with Crippen LogP contribution in [0.2, 0.25) is 5.02 Å². The summed E-state index contributed by atoms with van der Waals surface area (Å²) in [7, 11) is 1.84. The van der Waals surface area contributed by atoms with E-state index in [4.69, 9.17) is 17.3 Å². The molecule has 0 radical (unpaired) electrons. The Bertz CT molecular complexity index is 512. The van der Waals surface area contributed by atoms with Crippen LogP contribution in [0.3, 0.4) is 0 Å². The lowest BCUT2D eigenvalue weighted by molar-refractivity contribution is 0.276. The summed E-state index contributed by atoms with van der Waals surface area (Å²) >= 11 is 6.37. The summed E-state index contributed by atoms with van der Waals surface area (Å²) in [5, 5.41) is 3.76. The third kappa shape index (κ3) is 2.81. The van der Waals surface area contributed by atoms with E-state index in [0.29, 0.717) is 5.41 Å². The Labute approximate surface area is 120 Å². The fourth-order valence-electron chi connectivity index (χ4n) is 2.61. The lowest BCUT2D eigenvalue weighted by atomic mass is 9.84. The highest BCUT2D eigenvalue weighted by atomic mass is 35.5. The number of benzene rings is 1. The molecule has 3 nitrogen and oxygen atoms in total. The highest BCUT2D eigenvalue weighted by Gasteiger charge is 2.35.